The maximum absolute atomic E-state index is 13.0. The number of carbonyl (C=O) groups is 1. The predicted octanol–water partition coefficient (Wildman–Crippen LogP) is 5.81. The highest BCUT2D eigenvalue weighted by Gasteiger charge is 2.40. The average Bonchev–Trinajstić information content (AvgIpc) is 2.95. The zero-order valence-electron chi connectivity index (χ0n) is 15.5. The number of benzene rings is 3. The van der Waals surface area contributed by atoms with Crippen LogP contribution in [0.2, 0.25) is 0 Å². The van der Waals surface area contributed by atoms with E-state index in [2.05, 4.69) is 15.9 Å². The van der Waals surface area contributed by atoms with Gasteiger partial charge in [0, 0.05) is 16.6 Å². The summed E-state index contributed by atoms with van der Waals surface area (Å²) in [5.41, 5.74) is 4.66. The molecular formula is C24H20BrNO2. The van der Waals surface area contributed by atoms with E-state index in [-0.39, 0.29) is 17.7 Å². The van der Waals surface area contributed by atoms with E-state index in [9.17, 15) is 9.90 Å². The fourth-order valence-electron chi connectivity index (χ4n) is 3.64. The van der Waals surface area contributed by atoms with Crippen LogP contribution in [0.25, 0.3) is 5.57 Å². The lowest BCUT2D eigenvalue weighted by molar-refractivity contribution is -0.130. The molecule has 4 heteroatoms. The molecule has 28 heavy (non-hydrogen) atoms. The Kier molecular flexibility index (Phi) is 5.05. The summed E-state index contributed by atoms with van der Waals surface area (Å²) in [6.07, 6.45) is 0. The van der Waals surface area contributed by atoms with Crippen molar-refractivity contribution in [2.24, 2.45) is 0 Å². The minimum absolute atomic E-state index is 0.178. The smallest absolute Gasteiger partial charge is 0.290 e. The summed E-state index contributed by atoms with van der Waals surface area (Å²) in [5, 5.41) is 10.8. The van der Waals surface area contributed by atoms with E-state index in [4.69, 9.17) is 0 Å². The molecular weight excluding hydrogens is 414 g/mol. The first-order valence-electron chi connectivity index (χ1n) is 9.15. The molecule has 1 atom stereocenters. The highest BCUT2D eigenvalue weighted by molar-refractivity contribution is 9.10. The zero-order valence-corrected chi connectivity index (χ0v) is 17.1. The molecule has 1 N–H and O–H groups in total. The van der Waals surface area contributed by atoms with E-state index < -0.39 is 0 Å². The minimum Gasteiger partial charge on any atom is -0.503 e. The highest BCUT2D eigenvalue weighted by Crippen LogP contribution is 2.44. The van der Waals surface area contributed by atoms with Gasteiger partial charge in [-0.25, -0.2) is 0 Å². The molecule has 0 saturated carbocycles. The lowest BCUT2D eigenvalue weighted by atomic mass is 9.93. The number of hydrogen-bond acceptors (Lipinski definition) is 2. The second-order valence-corrected chi connectivity index (χ2v) is 7.92. The fourth-order valence-corrected chi connectivity index (χ4v) is 4.06. The van der Waals surface area contributed by atoms with Crippen molar-refractivity contribution in [2.75, 3.05) is 0 Å². The third-order valence-corrected chi connectivity index (χ3v) is 5.52. The molecule has 0 bridgehead atoms. The van der Waals surface area contributed by atoms with E-state index in [0.717, 1.165) is 21.2 Å². The van der Waals surface area contributed by atoms with Gasteiger partial charge < -0.3 is 10.0 Å². The van der Waals surface area contributed by atoms with E-state index in [1.807, 2.05) is 85.8 Å². The Bertz CT molecular complexity index is 1040. The number of rotatable bonds is 4. The van der Waals surface area contributed by atoms with Crippen LogP contribution in [0.1, 0.15) is 28.3 Å². The van der Waals surface area contributed by atoms with Gasteiger partial charge in [-0.3, -0.25) is 4.79 Å². The number of nitrogens with zero attached hydrogens (tertiary/aromatic N) is 1. The van der Waals surface area contributed by atoms with Crippen LogP contribution in [0.3, 0.4) is 0 Å². The van der Waals surface area contributed by atoms with Crippen molar-refractivity contribution in [3.63, 3.8) is 0 Å². The molecule has 1 amide bonds. The van der Waals surface area contributed by atoms with Crippen LogP contribution in [0.5, 0.6) is 0 Å². The van der Waals surface area contributed by atoms with Crippen LogP contribution >= 0.6 is 15.9 Å². The molecule has 0 aromatic heterocycles. The molecule has 140 valence electrons. The summed E-state index contributed by atoms with van der Waals surface area (Å²) in [5.74, 6) is -0.521. The predicted molar refractivity (Wildman–Crippen MR) is 115 cm³/mol. The van der Waals surface area contributed by atoms with Crippen LogP contribution in [0, 0.1) is 6.92 Å². The third-order valence-electron chi connectivity index (χ3n) is 5.03. The van der Waals surface area contributed by atoms with E-state index in [1.165, 1.54) is 5.56 Å². The van der Waals surface area contributed by atoms with Crippen molar-refractivity contribution in [2.45, 2.75) is 19.5 Å². The number of aliphatic hydroxyl groups is 1. The Morgan fingerprint density at radius 2 is 1.68 bits per heavy atom. The van der Waals surface area contributed by atoms with Gasteiger partial charge in [0.05, 0.1) is 6.04 Å². The molecule has 1 heterocycles. The molecule has 4 rings (SSSR count). The first kappa shape index (κ1) is 18.5. The Morgan fingerprint density at radius 3 is 2.36 bits per heavy atom. The largest absolute Gasteiger partial charge is 0.503 e. The normalized spacial score (nSPS) is 16.7. The summed E-state index contributed by atoms with van der Waals surface area (Å²) >= 11 is 3.53. The summed E-state index contributed by atoms with van der Waals surface area (Å²) < 4.78 is 0.937. The van der Waals surface area contributed by atoms with Crippen molar-refractivity contribution in [1.82, 2.24) is 4.90 Å². The van der Waals surface area contributed by atoms with Crippen molar-refractivity contribution in [3.05, 3.63) is 111 Å². The van der Waals surface area contributed by atoms with Crippen molar-refractivity contribution >= 4 is 27.4 Å². The number of amides is 1. The molecule has 1 aliphatic heterocycles. The van der Waals surface area contributed by atoms with Gasteiger partial charge in [0.2, 0.25) is 0 Å². The average molecular weight is 434 g/mol. The molecule has 0 radical (unpaired) electrons. The summed E-state index contributed by atoms with van der Waals surface area (Å²) in [6, 6.07) is 25.3. The van der Waals surface area contributed by atoms with E-state index in [1.54, 1.807) is 4.90 Å². The van der Waals surface area contributed by atoms with Crippen molar-refractivity contribution in [3.8, 4) is 0 Å². The highest BCUT2D eigenvalue weighted by atomic mass is 79.9. The molecule has 3 nitrogen and oxygen atoms in total. The molecule has 1 aliphatic rings. The van der Waals surface area contributed by atoms with Gasteiger partial charge in [-0.2, -0.15) is 0 Å². The zero-order chi connectivity index (χ0) is 19.7. The van der Waals surface area contributed by atoms with Gasteiger partial charge in [0.25, 0.3) is 5.91 Å². The topological polar surface area (TPSA) is 40.5 Å². The number of carbonyl (C=O) groups excluding carboxylic acids is 1. The van der Waals surface area contributed by atoms with Gasteiger partial charge in [-0.1, -0.05) is 88.2 Å². The lowest BCUT2D eigenvalue weighted by Gasteiger charge is -2.27. The van der Waals surface area contributed by atoms with Gasteiger partial charge >= 0.3 is 0 Å². The molecule has 3 aromatic carbocycles. The van der Waals surface area contributed by atoms with Crippen LogP contribution < -0.4 is 0 Å². The number of aryl methyl sites for hydroxylation is 1. The molecule has 0 aliphatic carbocycles. The second kappa shape index (κ2) is 7.64. The van der Waals surface area contributed by atoms with Gasteiger partial charge in [-0.15, -0.1) is 0 Å². The van der Waals surface area contributed by atoms with E-state index >= 15 is 0 Å². The molecule has 0 spiro atoms. The minimum atomic E-state index is -0.353. The number of aliphatic hydroxyl groups excluding tert-OH is 1. The van der Waals surface area contributed by atoms with Crippen molar-refractivity contribution < 1.29 is 9.90 Å². The number of hydrogen-bond donors (Lipinski definition) is 1. The summed E-state index contributed by atoms with van der Waals surface area (Å²) in [4.78, 5) is 14.8. The Morgan fingerprint density at radius 1 is 0.964 bits per heavy atom. The van der Waals surface area contributed by atoms with Crippen LogP contribution in [-0.4, -0.2) is 15.9 Å². The van der Waals surface area contributed by atoms with Gasteiger partial charge in [0.15, 0.2) is 5.76 Å². The Hall–Kier alpha value is -2.85. The maximum atomic E-state index is 13.0. The van der Waals surface area contributed by atoms with Crippen molar-refractivity contribution in [1.29, 1.82) is 0 Å². The Labute approximate surface area is 173 Å². The first-order chi connectivity index (χ1) is 13.5. The lowest BCUT2D eigenvalue weighted by Crippen LogP contribution is -2.29. The third kappa shape index (κ3) is 3.48. The quantitative estimate of drug-likeness (QED) is 0.563. The maximum Gasteiger partial charge on any atom is 0.290 e. The molecule has 0 saturated heterocycles. The Balaban J connectivity index is 1.81. The SMILES string of the molecule is Cc1ccc(CN2C(=O)C(O)=C(c3ccccc3)C2c2cccc(Br)c2)cc1. The van der Waals surface area contributed by atoms with Gasteiger partial charge in [-0.05, 0) is 35.7 Å². The summed E-state index contributed by atoms with van der Waals surface area (Å²) in [7, 11) is 0. The second-order valence-electron chi connectivity index (χ2n) is 7.00. The van der Waals surface area contributed by atoms with Crippen LogP contribution in [0.4, 0.5) is 0 Å². The van der Waals surface area contributed by atoms with E-state index in [0.29, 0.717) is 12.1 Å². The van der Waals surface area contributed by atoms with Crippen LogP contribution in [0.15, 0.2) is 89.1 Å². The summed E-state index contributed by atoms with van der Waals surface area (Å²) in [6.45, 7) is 2.46. The molecule has 3 aromatic rings. The van der Waals surface area contributed by atoms with Crippen LogP contribution in [-0.2, 0) is 11.3 Å². The molecule has 0 fully saturated rings. The fraction of sp³-hybridized carbons (Fsp3) is 0.125. The monoisotopic (exact) mass is 433 g/mol. The number of halogens is 1. The molecule has 1 unspecified atom stereocenters. The van der Waals surface area contributed by atoms with Gasteiger partial charge in [0.1, 0.15) is 0 Å². The standard InChI is InChI=1S/C24H20BrNO2/c1-16-10-12-17(13-11-16)15-26-22(19-8-5-9-20(25)14-19)21(23(27)24(26)28)18-6-3-2-4-7-18/h2-14,22,27H,15H2,1H3. The first-order valence-corrected chi connectivity index (χ1v) is 9.94.